The van der Waals surface area contributed by atoms with E-state index in [1.54, 1.807) is 12.4 Å². The molecule has 0 aliphatic heterocycles. The number of aromatic nitrogens is 1. The van der Waals surface area contributed by atoms with Gasteiger partial charge in [0, 0.05) is 6.20 Å². The Hall–Kier alpha value is -1.57. The van der Waals surface area contributed by atoms with Gasteiger partial charge in [-0.05, 0) is 51.8 Å². The summed E-state index contributed by atoms with van der Waals surface area (Å²) in [5.41, 5.74) is 2.75. The van der Waals surface area contributed by atoms with Gasteiger partial charge < -0.3 is 4.74 Å². The fourth-order valence-corrected chi connectivity index (χ4v) is 1.40. The van der Waals surface area contributed by atoms with Crippen LogP contribution in [0.2, 0.25) is 0 Å². The second-order valence-electron chi connectivity index (χ2n) is 4.37. The molecule has 0 aromatic carbocycles. The minimum atomic E-state index is 0.617. The third-order valence-corrected chi connectivity index (χ3v) is 2.41. The highest BCUT2D eigenvalue weighted by molar-refractivity contribution is 5.16. The van der Waals surface area contributed by atoms with Gasteiger partial charge in [0.2, 0.25) is 0 Å². The van der Waals surface area contributed by atoms with Crippen molar-refractivity contribution in [1.82, 2.24) is 4.98 Å². The van der Waals surface area contributed by atoms with E-state index in [9.17, 15) is 0 Å². The lowest BCUT2D eigenvalue weighted by atomic mass is 10.1. The first-order valence-corrected chi connectivity index (χ1v) is 6.00. The molecule has 0 bridgehead atoms. The molecule has 0 aliphatic carbocycles. The molecule has 2 nitrogen and oxygen atoms in total. The van der Waals surface area contributed by atoms with E-state index in [-0.39, 0.29) is 0 Å². The van der Waals surface area contributed by atoms with Crippen LogP contribution in [-0.4, -0.2) is 11.6 Å². The molecule has 17 heavy (non-hydrogen) atoms. The molecule has 1 aromatic rings. The Kier molecular flexibility index (Phi) is 6.08. The van der Waals surface area contributed by atoms with E-state index in [0.29, 0.717) is 6.61 Å². The Morgan fingerprint density at radius 3 is 2.76 bits per heavy atom. The Morgan fingerprint density at radius 2 is 2.12 bits per heavy atom. The van der Waals surface area contributed by atoms with Crippen LogP contribution in [0, 0.1) is 0 Å². The predicted octanol–water partition coefficient (Wildman–Crippen LogP) is 4.15. The summed E-state index contributed by atoms with van der Waals surface area (Å²) in [6, 6.07) is 3.79. The molecule has 0 spiro atoms. The van der Waals surface area contributed by atoms with Crippen molar-refractivity contribution in [2.75, 3.05) is 6.61 Å². The zero-order chi connectivity index (χ0) is 12.5. The van der Waals surface area contributed by atoms with Gasteiger partial charge in [0.25, 0.3) is 0 Å². The lowest BCUT2D eigenvalue weighted by Gasteiger charge is -2.03. The zero-order valence-corrected chi connectivity index (χ0v) is 10.9. The third kappa shape index (κ3) is 6.56. The fraction of sp³-hybridized carbons (Fsp3) is 0.400. The number of ether oxygens (including phenoxy) is 1. The second-order valence-corrected chi connectivity index (χ2v) is 4.37. The van der Waals surface area contributed by atoms with Crippen LogP contribution in [0.15, 0.2) is 47.8 Å². The van der Waals surface area contributed by atoms with Crippen molar-refractivity contribution in [1.29, 1.82) is 0 Å². The van der Waals surface area contributed by atoms with Crippen LogP contribution in [-0.2, 0) is 0 Å². The van der Waals surface area contributed by atoms with Crippen molar-refractivity contribution < 1.29 is 4.74 Å². The molecular weight excluding hydrogens is 210 g/mol. The van der Waals surface area contributed by atoms with Gasteiger partial charge in [-0.25, -0.2) is 0 Å². The molecule has 1 aromatic heterocycles. The topological polar surface area (TPSA) is 22.1 Å². The lowest BCUT2D eigenvalue weighted by Crippen LogP contribution is -1.94. The summed E-state index contributed by atoms with van der Waals surface area (Å²) >= 11 is 0. The number of hydrogen-bond acceptors (Lipinski definition) is 2. The fourth-order valence-electron chi connectivity index (χ4n) is 1.40. The van der Waals surface area contributed by atoms with Gasteiger partial charge in [0.05, 0.1) is 6.20 Å². The monoisotopic (exact) mass is 231 g/mol. The van der Waals surface area contributed by atoms with Crippen molar-refractivity contribution in [2.24, 2.45) is 0 Å². The third-order valence-electron chi connectivity index (χ3n) is 2.41. The molecule has 92 valence electrons. The van der Waals surface area contributed by atoms with Gasteiger partial charge in [-0.15, -0.1) is 0 Å². The lowest BCUT2D eigenvalue weighted by molar-refractivity contribution is 0.360. The maximum Gasteiger partial charge on any atom is 0.138 e. The first kappa shape index (κ1) is 13.5. The van der Waals surface area contributed by atoms with Crippen molar-refractivity contribution in [3.63, 3.8) is 0 Å². The van der Waals surface area contributed by atoms with E-state index in [1.165, 1.54) is 11.1 Å². The number of allylic oxidation sites excluding steroid dienone is 3. The Balaban J connectivity index is 2.26. The van der Waals surface area contributed by atoms with Gasteiger partial charge in [0.15, 0.2) is 0 Å². The summed E-state index contributed by atoms with van der Waals surface area (Å²) in [7, 11) is 0. The van der Waals surface area contributed by atoms with Gasteiger partial charge in [-0.1, -0.05) is 17.2 Å². The van der Waals surface area contributed by atoms with Crippen LogP contribution < -0.4 is 4.74 Å². The number of pyridine rings is 1. The molecule has 0 radical (unpaired) electrons. The van der Waals surface area contributed by atoms with Crippen LogP contribution in [0.3, 0.4) is 0 Å². The number of rotatable bonds is 6. The SMILES string of the molecule is CC(C)=CCCC(C)=CCOc1cccnc1. The molecule has 0 fully saturated rings. The summed E-state index contributed by atoms with van der Waals surface area (Å²) in [6.07, 6.45) is 10.1. The maximum absolute atomic E-state index is 5.55. The number of hydrogen-bond donors (Lipinski definition) is 0. The second kappa shape index (κ2) is 7.66. The summed E-state index contributed by atoms with van der Waals surface area (Å²) in [6.45, 7) is 7.02. The zero-order valence-electron chi connectivity index (χ0n) is 10.9. The Morgan fingerprint density at radius 1 is 1.29 bits per heavy atom. The highest BCUT2D eigenvalue weighted by Gasteiger charge is 1.91. The summed E-state index contributed by atoms with van der Waals surface area (Å²) in [5, 5.41) is 0. The number of nitrogens with zero attached hydrogens (tertiary/aromatic N) is 1. The van der Waals surface area contributed by atoms with Gasteiger partial charge >= 0.3 is 0 Å². The van der Waals surface area contributed by atoms with Crippen molar-refractivity contribution >= 4 is 0 Å². The van der Waals surface area contributed by atoms with Crippen LogP contribution >= 0.6 is 0 Å². The highest BCUT2D eigenvalue weighted by Crippen LogP contribution is 2.09. The van der Waals surface area contributed by atoms with Crippen LogP contribution in [0.25, 0.3) is 0 Å². The van der Waals surface area contributed by atoms with E-state index in [2.05, 4.69) is 37.9 Å². The average molecular weight is 231 g/mol. The van der Waals surface area contributed by atoms with E-state index >= 15 is 0 Å². The Bertz CT molecular complexity index is 375. The highest BCUT2D eigenvalue weighted by atomic mass is 16.5. The summed E-state index contributed by atoms with van der Waals surface area (Å²) < 4.78 is 5.55. The maximum atomic E-state index is 5.55. The first-order chi connectivity index (χ1) is 8.18. The van der Waals surface area contributed by atoms with E-state index in [4.69, 9.17) is 4.74 Å². The minimum Gasteiger partial charge on any atom is -0.488 e. The molecule has 0 saturated carbocycles. The molecule has 0 saturated heterocycles. The molecule has 0 unspecified atom stereocenters. The quantitative estimate of drug-likeness (QED) is 0.686. The van der Waals surface area contributed by atoms with Crippen LogP contribution in [0.1, 0.15) is 33.6 Å². The Labute approximate surface area is 104 Å². The summed E-state index contributed by atoms with van der Waals surface area (Å²) in [5.74, 6) is 0.820. The molecule has 0 atom stereocenters. The molecule has 0 amide bonds. The van der Waals surface area contributed by atoms with Crippen LogP contribution in [0.4, 0.5) is 0 Å². The minimum absolute atomic E-state index is 0.617. The molecule has 2 heteroatoms. The normalized spacial score (nSPS) is 11.1. The van der Waals surface area contributed by atoms with E-state index in [1.807, 2.05) is 12.1 Å². The average Bonchev–Trinajstić information content (AvgIpc) is 2.30. The van der Waals surface area contributed by atoms with E-state index < -0.39 is 0 Å². The molecular formula is C15H21NO. The van der Waals surface area contributed by atoms with Crippen molar-refractivity contribution in [3.8, 4) is 5.75 Å². The predicted molar refractivity (Wildman–Crippen MR) is 72.2 cm³/mol. The molecule has 1 heterocycles. The largest absolute Gasteiger partial charge is 0.488 e. The molecule has 1 rings (SSSR count). The van der Waals surface area contributed by atoms with Gasteiger partial charge in [-0.3, -0.25) is 4.98 Å². The van der Waals surface area contributed by atoms with Crippen molar-refractivity contribution in [2.45, 2.75) is 33.6 Å². The smallest absolute Gasteiger partial charge is 0.138 e. The van der Waals surface area contributed by atoms with E-state index in [0.717, 1.165) is 18.6 Å². The molecule has 0 N–H and O–H groups in total. The van der Waals surface area contributed by atoms with Gasteiger partial charge in [-0.2, -0.15) is 0 Å². The molecule has 0 aliphatic rings. The van der Waals surface area contributed by atoms with Crippen LogP contribution in [0.5, 0.6) is 5.75 Å². The van der Waals surface area contributed by atoms with Crippen molar-refractivity contribution in [3.05, 3.63) is 47.8 Å². The summed E-state index contributed by atoms with van der Waals surface area (Å²) in [4.78, 5) is 4.00. The van der Waals surface area contributed by atoms with Gasteiger partial charge in [0.1, 0.15) is 12.4 Å². The standard InChI is InChI=1S/C15H21NO/c1-13(2)6-4-7-14(3)9-11-17-15-8-5-10-16-12-15/h5-6,8-10,12H,4,7,11H2,1-3H3. The first-order valence-electron chi connectivity index (χ1n) is 6.00.